The number of rotatable bonds is 7. The van der Waals surface area contributed by atoms with E-state index in [-0.39, 0.29) is 5.38 Å². The number of hydrogen-bond acceptors (Lipinski definition) is 2. The van der Waals surface area contributed by atoms with Crippen LogP contribution >= 0.6 is 11.6 Å². The fourth-order valence-electron chi connectivity index (χ4n) is 2.43. The molecule has 0 fully saturated rings. The zero-order valence-electron chi connectivity index (χ0n) is 13.4. The summed E-state index contributed by atoms with van der Waals surface area (Å²) in [6.45, 7) is 10.9. The van der Waals surface area contributed by atoms with Crippen LogP contribution in [-0.2, 0) is 11.3 Å². The van der Waals surface area contributed by atoms with Crippen molar-refractivity contribution < 1.29 is 4.74 Å². The van der Waals surface area contributed by atoms with Crippen molar-refractivity contribution >= 4 is 22.6 Å². The normalized spacial score (nSPS) is 13.2. The van der Waals surface area contributed by atoms with E-state index in [4.69, 9.17) is 16.3 Å². The third kappa shape index (κ3) is 4.21. The number of fused-ring (bicyclic) bond motifs is 1. The average molecular weight is 309 g/mol. The van der Waals surface area contributed by atoms with Gasteiger partial charge in [0.2, 0.25) is 0 Å². The molecule has 4 heteroatoms. The van der Waals surface area contributed by atoms with Gasteiger partial charge in [-0.1, -0.05) is 19.9 Å². The topological polar surface area (TPSA) is 27.1 Å². The van der Waals surface area contributed by atoms with E-state index in [1.165, 1.54) is 11.1 Å². The predicted molar refractivity (Wildman–Crippen MR) is 89.0 cm³/mol. The quantitative estimate of drug-likeness (QED) is 0.547. The third-order valence-corrected chi connectivity index (χ3v) is 3.61. The van der Waals surface area contributed by atoms with Crippen LogP contribution in [0.25, 0.3) is 11.0 Å². The van der Waals surface area contributed by atoms with Gasteiger partial charge >= 0.3 is 0 Å². The molecule has 0 amide bonds. The summed E-state index contributed by atoms with van der Waals surface area (Å²) < 4.78 is 7.90. The number of aromatic nitrogens is 2. The van der Waals surface area contributed by atoms with Crippen LogP contribution in [0.2, 0.25) is 0 Å². The van der Waals surface area contributed by atoms with Crippen LogP contribution in [0.4, 0.5) is 0 Å². The molecule has 1 atom stereocenters. The molecule has 0 bridgehead atoms. The van der Waals surface area contributed by atoms with Crippen molar-refractivity contribution in [2.75, 3.05) is 13.2 Å². The van der Waals surface area contributed by atoms with Gasteiger partial charge < -0.3 is 9.30 Å². The third-order valence-electron chi connectivity index (χ3n) is 3.41. The summed E-state index contributed by atoms with van der Waals surface area (Å²) in [6.07, 6.45) is 0.975. The highest BCUT2D eigenvalue weighted by Crippen LogP contribution is 2.25. The molecular formula is C17H25ClN2O. The molecule has 0 aliphatic carbocycles. The second-order valence-electron chi connectivity index (χ2n) is 6.05. The number of hydrogen-bond donors (Lipinski definition) is 0. The number of aryl methyl sites for hydroxylation is 2. The van der Waals surface area contributed by atoms with E-state index in [2.05, 4.69) is 48.5 Å². The molecule has 116 valence electrons. The Morgan fingerprint density at radius 1 is 1.29 bits per heavy atom. The molecule has 2 rings (SSSR count). The van der Waals surface area contributed by atoms with Crippen molar-refractivity contribution in [3.63, 3.8) is 0 Å². The summed E-state index contributed by atoms with van der Waals surface area (Å²) in [6, 6.07) is 6.34. The van der Waals surface area contributed by atoms with Gasteiger partial charge in [-0.15, -0.1) is 11.6 Å². The van der Waals surface area contributed by atoms with Crippen LogP contribution in [0.5, 0.6) is 0 Å². The summed E-state index contributed by atoms with van der Waals surface area (Å²) in [5, 5.41) is -0.0886. The molecular weight excluding hydrogens is 284 g/mol. The minimum Gasteiger partial charge on any atom is -0.381 e. The number of imidazole rings is 1. The van der Waals surface area contributed by atoms with Crippen molar-refractivity contribution in [1.82, 2.24) is 9.55 Å². The lowest BCUT2D eigenvalue weighted by molar-refractivity contribution is 0.105. The van der Waals surface area contributed by atoms with Crippen LogP contribution in [0.15, 0.2) is 18.2 Å². The second kappa shape index (κ2) is 7.28. The summed E-state index contributed by atoms with van der Waals surface area (Å²) in [5.74, 6) is 1.53. The lowest BCUT2D eigenvalue weighted by Crippen LogP contribution is -2.09. The van der Waals surface area contributed by atoms with Crippen LogP contribution in [0.1, 0.15) is 44.0 Å². The molecule has 21 heavy (non-hydrogen) atoms. The van der Waals surface area contributed by atoms with Gasteiger partial charge in [-0.2, -0.15) is 0 Å². The van der Waals surface area contributed by atoms with Crippen molar-refractivity contribution in [3.8, 4) is 0 Å². The summed E-state index contributed by atoms with van der Waals surface area (Å²) in [7, 11) is 0. The number of benzene rings is 1. The first-order valence-corrected chi connectivity index (χ1v) is 8.11. The van der Waals surface area contributed by atoms with Crippen molar-refractivity contribution in [2.24, 2.45) is 5.92 Å². The maximum atomic E-state index is 6.29. The van der Waals surface area contributed by atoms with E-state index >= 15 is 0 Å². The lowest BCUT2D eigenvalue weighted by Gasteiger charge is -2.11. The monoisotopic (exact) mass is 308 g/mol. The first-order valence-electron chi connectivity index (χ1n) is 7.67. The van der Waals surface area contributed by atoms with E-state index in [0.29, 0.717) is 5.92 Å². The molecule has 1 heterocycles. The van der Waals surface area contributed by atoms with Crippen molar-refractivity contribution in [1.29, 1.82) is 0 Å². The Balaban J connectivity index is 2.12. The molecule has 0 spiro atoms. The minimum atomic E-state index is -0.0886. The Morgan fingerprint density at radius 2 is 2.05 bits per heavy atom. The molecule has 0 aliphatic heterocycles. The van der Waals surface area contributed by atoms with E-state index in [0.717, 1.165) is 37.5 Å². The van der Waals surface area contributed by atoms with E-state index in [1.54, 1.807) is 0 Å². The van der Waals surface area contributed by atoms with Crippen LogP contribution in [-0.4, -0.2) is 22.8 Å². The minimum absolute atomic E-state index is 0.0886. The zero-order chi connectivity index (χ0) is 15.4. The SMILES string of the molecule is Cc1ccc2nc(C(C)Cl)n(CCCOCC(C)C)c2c1. The first-order chi connectivity index (χ1) is 9.99. The second-order valence-corrected chi connectivity index (χ2v) is 6.71. The highest BCUT2D eigenvalue weighted by Gasteiger charge is 2.14. The smallest absolute Gasteiger partial charge is 0.127 e. The summed E-state index contributed by atoms with van der Waals surface area (Å²) in [4.78, 5) is 4.67. The molecule has 0 N–H and O–H groups in total. The van der Waals surface area contributed by atoms with Gasteiger partial charge in [-0.05, 0) is 43.9 Å². The molecule has 1 aromatic carbocycles. The molecule has 1 aromatic heterocycles. The molecule has 0 saturated heterocycles. The van der Waals surface area contributed by atoms with Gasteiger partial charge in [0.15, 0.2) is 0 Å². The van der Waals surface area contributed by atoms with E-state index in [9.17, 15) is 0 Å². The first kappa shape index (κ1) is 16.3. The Kier molecular flexibility index (Phi) is 5.65. The lowest BCUT2D eigenvalue weighted by atomic mass is 10.2. The van der Waals surface area contributed by atoms with Gasteiger partial charge in [0.1, 0.15) is 5.82 Å². The predicted octanol–water partition coefficient (Wildman–Crippen LogP) is 4.71. The van der Waals surface area contributed by atoms with Gasteiger partial charge in [-0.3, -0.25) is 0 Å². The molecule has 3 nitrogen and oxygen atoms in total. The standard InChI is InChI=1S/C17H25ClN2O/c1-12(2)11-21-9-5-8-20-16-10-13(3)6-7-15(16)19-17(20)14(4)18/h6-7,10,12,14H,5,8-9,11H2,1-4H3. The largest absolute Gasteiger partial charge is 0.381 e. The highest BCUT2D eigenvalue weighted by molar-refractivity contribution is 6.20. The average Bonchev–Trinajstić information content (AvgIpc) is 2.76. The van der Waals surface area contributed by atoms with Crippen LogP contribution in [0, 0.1) is 12.8 Å². The summed E-state index contributed by atoms with van der Waals surface area (Å²) in [5.41, 5.74) is 3.43. The van der Waals surface area contributed by atoms with Crippen molar-refractivity contribution in [3.05, 3.63) is 29.6 Å². The van der Waals surface area contributed by atoms with Gasteiger partial charge in [-0.25, -0.2) is 4.98 Å². The molecule has 0 radical (unpaired) electrons. The van der Waals surface area contributed by atoms with E-state index in [1.807, 2.05) is 6.92 Å². The fourth-order valence-corrected chi connectivity index (χ4v) is 2.60. The molecule has 0 saturated carbocycles. The zero-order valence-corrected chi connectivity index (χ0v) is 14.2. The Hall–Kier alpha value is -1.06. The van der Waals surface area contributed by atoms with E-state index < -0.39 is 0 Å². The number of ether oxygens (including phenoxy) is 1. The Bertz CT molecular complexity index is 590. The molecule has 1 unspecified atom stereocenters. The maximum absolute atomic E-state index is 6.29. The Labute approximate surface area is 132 Å². The maximum Gasteiger partial charge on any atom is 0.127 e. The van der Waals surface area contributed by atoms with Crippen molar-refractivity contribution in [2.45, 2.75) is 46.0 Å². The fraction of sp³-hybridized carbons (Fsp3) is 0.588. The van der Waals surface area contributed by atoms with Gasteiger partial charge in [0, 0.05) is 19.8 Å². The molecule has 0 aliphatic rings. The van der Waals surface area contributed by atoms with Gasteiger partial charge in [0.25, 0.3) is 0 Å². The van der Waals surface area contributed by atoms with Gasteiger partial charge in [0.05, 0.1) is 16.4 Å². The number of alkyl halides is 1. The molecule has 2 aromatic rings. The summed E-state index contributed by atoms with van der Waals surface area (Å²) >= 11 is 6.29. The van der Waals surface area contributed by atoms with Crippen LogP contribution in [0.3, 0.4) is 0 Å². The Morgan fingerprint density at radius 3 is 2.71 bits per heavy atom. The number of nitrogens with zero attached hydrogens (tertiary/aromatic N) is 2. The number of halogens is 1. The van der Waals surface area contributed by atoms with Crippen LogP contribution < -0.4 is 0 Å². The highest BCUT2D eigenvalue weighted by atomic mass is 35.5.